The van der Waals surface area contributed by atoms with E-state index in [0.29, 0.717) is 30.0 Å². The van der Waals surface area contributed by atoms with E-state index in [0.717, 1.165) is 17.4 Å². The molecule has 1 aromatic carbocycles. The van der Waals surface area contributed by atoms with Gasteiger partial charge in [0.25, 0.3) is 5.89 Å². The molecule has 0 fully saturated rings. The highest BCUT2D eigenvalue weighted by atomic mass is 32.2. The van der Waals surface area contributed by atoms with Gasteiger partial charge in [0.2, 0.25) is 15.9 Å². The molecule has 0 N–H and O–H groups in total. The molecular formula is C23H25F2N5O5S. The van der Waals surface area contributed by atoms with Crippen LogP contribution in [0, 0.1) is 0 Å². The van der Waals surface area contributed by atoms with Crippen molar-refractivity contribution in [3.05, 3.63) is 59.2 Å². The maximum absolute atomic E-state index is 12.7. The third-order valence-corrected chi connectivity index (χ3v) is 6.40. The lowest BCUT2D eigenvalue weighted by atomic mass is 10.1. The maximum Gasteiger partial charge on any atom is 0.410 e. The minimum Gasteiger partial charge on any atom is -0.444 e. The van der Waals surface area contributed by atoms with Crippen LogP contribution < -0.4 is 4.31 Å². The Balaban J connectivity index is 1.52. The summed E-state index contributed by atoms with van der Waals surface area (Å²) in [5.41, 5.74) is 2.26. The average molecular weight is 522 g/mol. The third-order valence-electron chi connectivity index (χ3n) is 5.26. The number of halogens is 2. The van der Waals surface area contributed by atoms with Gasteiger partial charge in [0, 0.05) is 19.3 Å². The molecule has 0 saturated heterocycles. The Labute approximate surface area is 206 Å². The fourth-order valence-corrected chi connectivity index (χ4v) is 4.49. The van der Waals surface area contributed by atoms with Crippen molar-refractivity contribution < 1.29 is 31.1 Å². The second-order valence-corrected chi connectivity index (χ2v) is 11.3. The molecule has 2 aromatic heterocycles. The van der Waals surface area contributed by atoms with Crippen LogP contribution in [-0.4, -0.2) is 46.4 Å². The molecule has 10 nitrogen and oxygen atoms in total. The number of sulfonamides is 1. The number of nitrogens with zero attached hydrogens (tertiary/aromatic N) is 5. The number of pyridine rings is 1. The molecule has 4 rings (SSSR count). The van der Waals surface area contributed by atoms with Gasteiger partial charge >= 0.3 is 12.5 Å². The van der Waals surface area contributed by atoms with Gasteiger partial charge in [-0.3, -0.25) is 14.2 Å². The van der Waals surface area contributed by atoms with Crippen molar-refractivity contribution in [2.24, 2.45) is 0 Å². The smallest absolute Gasteiger partial charge is 0.410 e. The normalized spacial score (nSPS) is 13.7. The summed E-state index contributed by atoms with van der Waals surface area (Å²) < 4.78 is 62.2. The average Bonchev–Trinajstić information content (AvgIpc) is 3.43. The van der Waals surface area contributed by atoms with E-state index >= 15 is 0 Å². The molecule has 0 radical (unpaired) electrons. The van der Waals surface area contributed by atoms with Crippen LogP contribution in [0.5, 0.6) is 0 Å². The van der Waals surface area contributed by atoms with Gasteiger partial charge in [-0.1, -0.05) is 6.07 Å². The fourth-order valence-electron chi connectivity index (χ4n) is 3.62. The lowest BCUT2D eigenvalue weighted by Crippen LogP contribution is -2.33. The van der Waals surface area contributed by atoms with Gasteiger partial charge in [0.15, 0.2) is 0 Å². The summed E-state index contributed by atoms with van der Waals surface area (Å²) in [5.74, 6) is -0.906. The molecule has 0 aliphatic carbocycles. The highest BCUT2D eigenvalue weighted by Gasteiger charge is 2.29. The van der Waals surface area contributed by atoms with E-state index in [1.54, 1.807) is 49.9 Å². The van der Waals surface area contributed by atoms with Crippen molar-refractivity contribution in [3.8, 4) is 11.5 Å². The molecule has 3 heterocycles. The zero-order valence-corrected chi connectivity index (χ0v) is 20.9. The Morgan fingerprint density at radius 3 is 2.47 bits per heavy atom. The SMILES string of the molecule is CC(C)(C)OC(=O)N1Cc2ccc(N(Cc3ccc(-c4nnc(C(F)F)o4)cn3)S(C)(=O)=O)cc2C1. The van der Waals surface area contributed by atoms with Crippen LogP contribution in [0.1, 0.15) is 49.9 Å². The molecule has 36 heavy (non-hydrogen) atoms. The van der Waals surface area contributed by atoms with Crippen LogP contribution >= 0.6 is 0 Å². The Morgan fingerprint density at radius 1 is 1.17 bits per heavy atom. The number of anilines is 1. The van der Waals surface area contributed by atoms with Gasteiger partial charge in [0.05, 0.1) is 29.7 Å². The first-order valence-electron chi connectivity index (χ1n) is 10.9. The van der Waals surface area contributed by atoms with Gasteiger partial charge in [-0.15, -0.1) is 10.2 Å². The number of hydrogen-bond donors (Lipinski definition) is 0. The highest BCUT2D eigenvalue weighted by Crippen LogP contribution is 2.30. The number of rotatable bonds is 6. The largest absolute Gasteiger partial charge is 0.444 e. The van der Waals surface area contributed by atoms with Gasteiger partial charge in [-0.2, -0.15) is 8.78 Å². The lowest BCUT2D eigenvalue weighted by molar-refractivity contribution is 0.0241. The molecule has 1 aliphatic rings. The number of hydrogen-bond acceptors (Lipinski definition) is 8. The van der Waals surface area contributed by atoms with E-state index in [-0.39, 0.29) is 12.4 Å². The zero-order valence-electron chi connectivity index (χ0n) is 20.1. The van der Waals surface area contributed by atoms with E-state index < -0.39 is 34.0 Å². The molecule has 192 valence electrons. The van der Waals surface area contributed by atoms with Crippen LogP contribution in [0.3, 0.4) is 0 Å². The van der Waals surface area contributed by atoms with E-state index in [2.05, 4.69) is 15.2 Å². The van der Waals surface area contributed by atoms with E-state index in [1.165, 1.54) is 16.6 Å². The second kappa shape index (κ2) is 9.45. The van der Waals surface area contributed by atoms with Crippen LogP contribution in [0.15, 0.2) is 40.9 Å². The summed E-state index contributed by atoms with van der Waals surface area (Å²) in [5, 5.41) is 6.86. The van der Waals surface area contributed by atoms with Crippen LogP contribution in [0.25, 0.3) is 11.5 Å². The summed E-state index contributed by atoms with van der Waals surface area (Å²) in [6.07, 6.45) is -0.886. The number of amides is 1. The fraction of sp³-hybridized carbons (Fsp3) is 0.391. The summed E-state index contributed by atoms with van der Waals surface area (Å²) in [6.45, 7) is 5.97. The van der Waals surface area contributed by atoms with Gasteiger partial charge in [-0.25, -0.2) is 13.2 Å². The molecule has 1 amide bonds. The predicted molar refractivity (Wildman–Crippen MR) is 125 cm³/mol. The Bertz CT molecular complexity index is 1370. The summed E-state index contributed by atoms with van der Waals surface area (Å²) >= 11 is 0. The second-order valence-electron chi connectivity index (χ2n) is 9.34. The molecular weight excluding hydrogens is 496 g/mol. The van der Waals surface area contributed by atoms with Crippen molar-refractivity contribution in [2.45, 2.75) is 52.4 Å². The number of benzene rings is 1. The molecule has 0 unspecified atom stereocenters. The molecule has 13 heteroatoms. The first-order valence-corrected chi connectivity index (χ1v) is 12.8. The number of alkyl halides is 2. The highest BCUT2D eigenvalue weighted by molar-refractivity contribution is 7.92. The maximum atomic E-state index is 12.7. The minimum absolute atomic E-state index is 0.0696. The van der Waals surface area contributed by atoms with E-state index in [4.69, 9.17) is 9.15 Å². The van der Waals surface area contributed by atoms with Crippen molar-refractivity contribution in [3.63, 3.8) is 0 Å². The van der Waals surface area contributed by atoms with Gasteiger partial charge in [0.1, 0.15) is 5.60 Å². The molecule has 1 aliphatic heterocycles. The molecule has 3 aromatic rings. The topological polar surface area (TPSA) is 119 Å². The third kappa shape index (κ3) is 5.78. The van der Waals surface area contributed by atoms with Crippen molar-refractivity contribution in [2.75, 3.05) is 10.6 Å². The number of ether oxygens (including phenoxy) is 1. The number of fused-ring (bicyclic) bond motifs is 1. The summed E-state index contributed by atoms with van der Waals surface area (Å²) in [7, 11) is -3.69. The van der Waals surface area contributed by atoms with Crippen LogP contribution in [0.2, 0.25) is 0 Å². The summed E-state index contributed by atoms with van der Waals surface area (Å²) in [6, 6.07) is 8.29. The van der Waals surface area contributed by atoms with Crippen LogP contribution in [-0.2, 0) is 34.4 Å². The quantitative estimate of drug-likeness (QED) is 0.471. The first-order chi connectivity index (χ1) is 16.8. The van der Waals surface area contributed by atoms with Gasteiger partial charge < -0.3 is 9.15 Å². The Kier molecular flexibility index (Phi) is 6.69. The Morgan fingerprint density at radius 2 is 1.89 bits per heavy atom. The van der Waals surface area contributed by atoms with Crippen LogP contribution in [0.4, 0.5) is 19.3 Å². The van der Waals surface area contributed by atoms with Crippen molar-refractivity contribution in [1.29, 1.82) is 0 Å². The number of aromatic nitrogens is 3. The number of carbonyl (C=O) groups is 1. The van der Waals surface area contributed by atoms with E-state index in [1.807, 2.05) is 0 Å². The predicted octanol–water partition coefficient (Wildman–Crippen LogP) is 4.29. The lowest BCUT2D eigenvalue weighted by Gasteiger charge is -2.24. The molecule has 0 spiro atoms. The van der Waals surface area contributed by atoms with Crippen molar-refractivity contribution in [1.82, 2.24) is 20.1 Å². The molecule has 0 bridgehead atoms. The number of carbonyl (C=O) groups excluding carboxylic acids is 1. The summed E-state index contributed by atoms with van der Waals surface area (Å²) in [4.78, 5) is 18.2. The monoisotopic (exact) mass is 521 g/mol. The Hall–Kier alpha value is -3.61. The van der Waals surface area contributed by atoms with Crippen molar-refractivity contribution >= 4 is 21.8 Å². The first kappa shape index (κ1) is 25.5. The standard InChI is InChI=1S/C23H25F2N5O5S/c1-23(2,3)35-22(31)29-11-15-6-8-18(9-16(15)12-29)30(36(4,32)33)13-17-7-5-14(10-26-17)20-27-28-21(34-20)19(24)25/h5-10,19H,11-13H2,1-4H3. The minimum atomic E-state index is -3.69. The van der Waals surface area contributed by atoms with Gasteiger partial charge in [-0.05, 0) is 56.2 Å². The molecule has 0 atom stereocenters. The molecule has 0 saturated carbocycles. The zero-order chi connectivity index (χ0) is 26.3. The van der Waals surface area contributed by atoms with E-state index in [9.17, 15) is 22.0 Å².